The highest BCUT2D eigenvalue weighted by Crippen LogP contribution is 2.44. The summed E-state index contributed by atoms with van der Waals surface area (Å²) in [6, 6.07) is 139. The Morgan fingerprint density at radius 1 is 0.174 bits per heavy atom. The summed E-state index contributed by atoms with van der Waals surface area (Å²) in [5.41, 5.74) is 31.5. The molecular weight excluding hydrogens is 1400 g/mol. The molecule has 0 saturated carbocycles. The predicted octanol–water partition coefficient (Wildman–Crippen LogP) is 26.2. The lowest BCUT2D eigenvalue weighted by atomic mass is 9.92. The minimum atomic E-state index is 0.798. The quantitative estimate of drug-likeness (QED) is 0.0999. The van der Waals surface area contributed by atoms with Gasteiger partial charge in [-0.3, -0.25) is 18.7 Å². The first-order valence-corrected chi connectivity index (χ1v) is 38.7. The first-order chi connectivity index (χ1) is 57.0. The number of hydrogen-bond acceptors (Lipinski definition) is 7. The molecule has 0 saturated heterocycles. The number of para-hydroxylation sites is 8. The fraction of sp³-hybridized carbons (Fsp3) is 0. The molecule has 0 bridgehead atoms. The lowest BCUT2D eigenvalue weighted by Gasteiger charge is -2.16. The molecule has 0 amide bonds. The number of hydrogen-bond donors (Lipinski definition) is 0. The molecule has 10 nitrogen and oxygen atoms in total. The molecule has 0 fully saturated rings. The predicted molar refractivity (Wildman–Crippen MR) is 471 cm³/mol. The van der Waals surface area contributed by atoms with Crippen LogP contribution < -0.4 is 0 Å². The van der Waals surface area contributed by atoms with Crippen LogP contribution >= 0.6 is 0 Å². The van der Waals surface area contributed by atoms with Crippen molar-refractivity contribution in [3.05, 3.63) is 401 Å². The first-order valence-electron chi connectivity index (χ1n) is 38.7. The Bertz CT molecular complexity index is 7510. The third kappa shape index (κ3) is 11.7. The number of pyridine rings is 4. The van der Waals surface area contributed by atoms with Crippen molar-refractivity contribution in [1.82, 2.24) is 48.6 Å². The Balaban J connectivity index is 0.652. The minimum Gasteiger partial charge on any atom is -0.292 e. The number of rotatable bonds is 14. The maximum atomic E-state index is 5.76. The van der Waals surface area contributed by atoms with Gasteiger partial charge in [0.15, 0.2) is 0 Å². The molecule has 22 aromatic rings. The van der Waals surface area contributed by atoms with E-state index in [1.165, 1.54) is 0 Å². The Morgan fingerprint density at radius 3 is 0.870 bits per heavy atom. The Labute approximate surface area is 662 Å². The van der Waals surface area contributed by atoms with E-state index in [-0.39, 0.29) is 0 Å². The van der Waals surface area contributed by atoms with E-state index in [1.54, 1.807) is 0 Å². The van der Waals surface area contributed by atoms with Gasteiger partial charge in [0.2, 0.25) is 0 Å². The van der Waals surface area contributed by atoms with Crippen LogP contribution in [0, 0.1) is 0 Å². The van der Waals surface area contributed by atoms with Crippen molar-refractivity contribution in [3.63, 3.8) is 0 Å². The van der Waals surface area contributed by atoms with Crippen LogP contribution in [0.4, 0.5) is 0 Å². The van der Waals surface area contributed by atoms with Crippen LogP contribution in [0.25, 0.3) is 217 Å². The summed E-state index contributed by atoms with van der Waals surface area (Å²) in [7, 11) is 0. The smallest absolute Gasteiger partial charge is 0.145 e. The van der Waals surface area contributed by atoms with Crippen LogP contribution in [0.5, 0.6) is 0 Å². The van der Waals surface area contributed by atoms with E-state index in [0.717, 1.165) is 217 Å². The molecule has 7 aromatic heterocycles. The minimum absolute atomic E-state index is 0.798. The van der Waals surface area contributed by atoms with Crippen LogP contribution in [0.1, 0.15) is 0 Å². The zero-order valence-electron chi connectivity index (χ0n) is 62.1. The van der Waals surface area contributed by atoms with E-state index in [4.69, 9.17) is 34.9 Å². The molecule has 115 heavy (non-hydrogen) atoms. The summed E-state index contributed by atoms with van der Waals surface area (Å²) in [6.45, 7) is 0. The van der Waals surface area contributed by atoms with Crippen molar-refractivity contribution >= 4 is 76.7 Å². The van der Waals surface area contributed by atoms with Crippen molar-refractivity contribution in [1.29, 1.82) is 0 Å². The van der Waals surface area contributed by atoms with Crippen molar-refractivity contribution < 1.29 is 0 Å². The fourth-order valence-corrected chi connectivity index (χ4v) is 16.8. The first kappa shape index (κ1) is 66.3. The summed E-state index contributed by atoms with van der Waals surface area (Å²) in [5, 5.41) is 4.10. The van der Waals surface area contributed by atoms with Crippen molar-refractivity contribution in [3.8, 4) is 141 Å². The highest BCUT2D eigenvalue weighted by Gasteiger charge is 2.24. The molecule has 0 radical (unpaired) electrons. The van der Waals surface area contributed by atoms with Crippen molar-refractivity contribution in [2.75, 3.05) is 0 Å². The summed E-state index contributed by atoms with van der Waals surface area (Å²) < 4.78 is 6.76. The standard InChI is InChI=1S/C105H66N10/c1-6-23-68(24-7-1)82-61-62-106-99-83(82)57-58-84-87(69-25-8-2-9-26-69)64-93(107-100(84)99)71-41-51-76(52-42-71)105-112-92-37-18-21-40-98(92)115(105)81-55-53-67(54-56-81)77-29-22-30-78(63-77)89-66-95(73-45-49-75(50-46-73)104-111-91-36-17-20-39-97(91)114(104)80-33-14-5-15-34-80)109-102-86(89)60-59-85-88(70-27-10-3-11-28-70)65-94(108-101(85)102)72-43-47-74(48-44-72)103-110-90-35-16-19-38-96(90)113(103)79-31-12-4-13-32-79/h1-66H. The van der Waals surface area contributed by atoms with E-state index in [1.807, 2.05) is 30.5 Å². The molecule has 0 aliphatic carbocycles. The summed E-state index contributed by atoms with van der Waals surface area (Å²) >= 11 is 0. The summed E-state index contributed by atoms with van der Waals surface area (Å²) in [6.07, 6.45) is 1.91. The molecule has 0 unspecified atom stereocenters. The van der Waals surface area contributed by atoms with Crippen molar-refractivity contribution in [2.24, 2.45) is 0 Å². The number of benzene rings is 15. The monoisotopic (exact) mass is 1470 g/mol. The molecule has 0 aliphatic rings. The molecule has 536 valence electrons. The Hall–Kier alpha value is -15.7. The van der Waals surface area contributed by atoms with E-state index in [2.05, 4.69) is 384 Å². The van der Waals surface area contributed by atoms with Crippen LogP contribution in [0.2, 0.25) is 0 Å². The molecule has 0 N–H and O–H groups in total. The van der Waals surface area contributed by atoms with Gasteiger partial charge in [-0.15, -0.1) is 0 Å². The highest BCUT2D eigenvalue weighted by molar-refractivity contribution is 6.15. The van der Waals surface area contributed by atoms with Crippen LogP contribution in [-0.4, -0.2) is 48.6 Å². The lowest BCUT2D eigenvalue weighted by Crippen LogP contribution is -1.98. The number of fused-ring (bicyclic) bond motifs is 9. The van der Waals surface area contributed by atoms with Crippen molar-refractivity contribution in [2.45, 2.75) is 0 Å². The van der Waals surface area contributed by atoms with Gasteiger partial charge >= 0.3 is 0 Å². The van der Waals surface area contributed by atoms with E-state index in [9.17, 15) is 0 Å². The van der Waals surface area contributed by atoms with Gasteiger partial charge in [-0.1, -0.05) is 291 Å². The Kier molecular flexibility index (Phi) is 16.0. The molecule has 0 aliphatic heterocycles. The van der Waals surface area contributed by atoms with Gasteiger partial charge in [0.1, 0.15) is 17.5 Å². The van der Waals surface area contributed by atoms with Crippen LogP contribution in [0.3, 0.4) is 0 Å². The molecule has 0 atom stereocenters. The molecular formula is C105H66N10. The number of imidazole rings is 3. The van der Waals surface area contributed by atoms with Gasteiger partial charge in [0.25, 0.3) is 0 Å². The number of aromatic nitrogens is 10. The average molecular weight is 1470 g/mol. The summed E-state index contributed by atoms with van der Waals surface area (Å²) in [5.74, 6) is 2.56. The van der Waals surface area contributed by atoms with E-state index >= 15 is 0 Å². The lowest BCUT2D eigenvalue weighted by molar-refractivity contribution is 1.10. The normalized spacial score (nSPS) is 11.7. The zero-order chi connectivity index (χ0) is 75.9. The molecule has 0 spiro atoms. The molecule has 7 heterocycles. The largest absolute Gasteiger partial charge is 0.292 e. The third-order valence-electron chi connectivity index (χ3n) is 22.4. The van der Waals surface area contributed by atoms with Crippen LogP contribution in [0.15, 0.2) is 401 Å². The molecule has 10 heteroatoms. The van der Waals surface area contributed by atoms with Gasteiger partial charge in [0.05, 0.1) is 72.2 Å². The Morgan fingerprint density at radius 2 is 0.470 bits per heavy atom. The van der Waals surface area contributed by atoms with E-state index < -0.39 is 0 Å². The van der Waals surface area contributed by atoms with E-state index in [0.29, 0.717) is 0 Å². The highest BCUT2D eigenvalue weighted by atomic mass is 15.1. The van der Waals surface area contributed by atoms with Crippen LogP contribution in [-0.2, 0) is 0 Å². The van der Waals surface area contributed by atoms with Gasteiger partial charge in [0, 0.05) is 78.2 Å². The third-order valence-corrected chi connectivity index (χ3v) is 22.4. The zero-order valence-corrected chi connectivity index (χ0v) is 62.1. The topological polar surface area (TPSA) is 105 Å². The fourth-order valence-electron chi connectivity index (χ4n) is 16.8. The van der Waals surface area contributed by atoms with Gasteiger partial charge in [-0.05, 0) is 159 Å². The number of nitrogens with zero attached hydrogens (tertiary/aromatic N) is 10. The second kappa shape index (κ2) is 27.7. The van der Waals surface area contributed by atoms with Gasteiger partial charge < -0.3 is 0 Å². The maximum Gasteiger partial charge on any atom is 0.145 e. The average Bonchev–Trinajstić information content (AvgIpc) is 1.50. The second-order valence-corrected chi connectivity index (χ2v) is 29.1. The SMILES string of the molecule is c1ccc(-c2ccnc3c2ccc2c(-c4ccccc4)cc(-c4ccc(-c5nc6ccccc6n5-c5ccc(-c6cccc(-c7cc(-c8ccc(-c9nc%10ccccc%10n9-c9ccccc9)cc8)nc8c7ccc7c(-c9ccccc9)cc(-c9ccc(-c%10nc%11ccccc%11n%10-c%10ccccc%10)cc9)nc78)c6)cc5)cc4)nc23)cc1. The summed E-state index contributed by atoms with van der Waals surface area (Å²) in [4.78, 5) is 37.8. The maximum absolute atomic E-state index is 5.76. The molecule has 15 aromatic carbocycles. The molecule has 22 rings (SSSR count). The van der Waals surface area contributed by atoms with Gasteiger partial charge in [-0.2, -0.15) is 0 Å². The second-order valence-electron chi connectivity index (χ2n) is 29.1. The van der Waals surface area contributed by atoms with Gasteiger partial charge in [-0.25, -0.2) is 29.9 Å².